The third-order valence-electron chi connectivity index (χ3n) is 3.80. The van der Waals surface area contributed by atoms with Crippen LogP contribution in [0.15, 0.2) is 0 Å². The molecule has 16 heavy (non-hydrogen) atoms. The average molecular weight is 227 g/mol. The fourth-order valence-electron chi connectivity index (χ4n) is 2.58. The zero-order valence-electron chi connectivity index (χ0n) is 11.2. The van der Waals surface area contributed by atoms with Gasteiger partial charge < -0.3 is 10.4 Å². The minimum Gasteiger partial charge on any atom is -0.396 e. The van der Waals surface area contributed by atoms with E-state index in [9.17, 15) is 0 Å². The zero-order valence-corrected chi connectivity index (χ0v) is 11.2. The van der Waals surface area contributed by atoms with Crippen LogP contribution in [-0.2, 0) is 0 Å². The van der Waals surface area contributed by atoms with Crippen LogP contribution >= 0.6 is 0 Å². The second-order valence-corrected chi connectivity index (χ2v) is 5.94. The maximum Gasteiger partial charge on any atom is 0.0459 e. The van der Waals surface area contributed by atoms with E-state index >= 15 is 0 Å². The van der Waals surface area contributed by atoms with E-state index in [1.54, 1.807) is 0 Å². The monoisotopic (exact) mass is 227 g/mol. The van der Waals surface area contributed by atoms with Crippen LogP contribution in [0.4, 0.5) is 0 Å². The van der Waals surface area contributed by atoms with Gasteiger partial charge in [0.1, 0.15) is 0 Å². The third kappa shape index (κ3) is 5.31. The molecule has 2 nitrogen and oxygen atoms in total. The van der Waals surface area contributed by atoms with E-state index in [1.165, 1.54) is 38.5 Å². The van der Waals surface area contributed by atoms with Gasteiger partial charge in [-0.1, -0.05) is 13.8 Å². The summed E-state index contributed by atoms with van der Waals surface area (Å²) in [4.78, 5) is 0. The van der Waals surface area contributed by atoms with Crippen LogP contribution in [0.25, 0.3) is 0 Å². The van der Waals surface area contributed by atoms with E-state index in [4.69, 9.17) is 5.11 Å². The number of hydrogen-bond acceptors (Lipinski definition) is 2. The van der Waals surface area contributed by atoms with E-state index in [0.29, 0.717) is 24.6 Å². The molecular weight excluding hydrogens is 198 g/mol. The molecule has 0 heterocycles. The van der Waals surface area contributed by atoms with E-state index in [0.717, 1.165) is 5.92 Å². The van der Waals surface area contributed by atoms with Crippen molar-refractivity contribution in [2.24, 2.45) is 11.8 Å². The van der Waals surface area contributed by atoms with Crippen molar-refractivity contribution in [2.75, 3.05) is 6.61 Å². The highest BCUT2D eigenvalue weighted by atomic mass is 16.3. The Morgan fingerprint density at radius 3 is 2.19 bits per heavy atom. The highest BCUT2D eigenvalue weighted by molar-refractivity contribution is 4.79. The summed E-state index contributed by atoms with van der Waals surface area (Å²) in [5.41, 5.74) is 0. The molecule has 0 aromatic carbocycles. The summed E-state index contributed by atoms with van der Waals surface area (Å²) >= 11 is 0. The van der Waals surface area contributed by atoms with Crippen molar-refractivity contribution in [1.29, 1.82) is 0 Å². The molecule has 0 radical (unpaired) electrons. The number of rotatable bonds is 6. The molecule has 1 saturated carbocycles. The molecule has 0 saturated heterocycles. The number of aliphatic hydroxyl groups excluding tert-OH is 1. The van der Waals surface area contributed by atoms with Gasteiger partial charge in [0.15, 0.2) is 0 Å². The van der Waals surface area contributed by atoms with Gasteiger partial charge in [-0.3, -0.25) is 0 Å². The molecule has 1 rings (SSSR count). The molecule has 1 unspecified atom stereocenters. The summed E-state index contributed by atoms with van der Waals surface area (Å²) < 4.78 is 0. The molecule has 0 spiro atoms. The molecule has 1 aliphatic rings. The molecule has 0 aromatic rings. The molecule has 0 bridgehead atoms. The maximum atomic E-state index is 9.08. The Kier molecular flexibility index (Phi) is 6.37. The quantitative estimate of drug-likeness (QED) is 0.731. The van der Waals surface area contributed by atoms with Gasteiger partial charge in [0.2, 0.25) is 0 Å². The molecular formula is C14H29NO. The summed E-state index contributed by atoms with van der Waals surface area (Å²) in [6.45, 7) is 7.27. The predicted octanol–water partition coefficient (Wildman–Crippen LogP) is 2.95. The van der Waals surface area contributed by atoms with Gasteiger partial charge in [0, 0.05) is 18.7 Å². The maximum absolute atomic E-state index is 9.08. The molecule has 1 atom stereocenters. The normalized spacial score (nSPS) is 28.3. The van der Waals surface area contributed by atoms with E-state index < -0.39 is 0 Å². The molecule has 0 amide bonds. The first-order chi connectivity index (χ1) is 7.61. The van der Waals surface area contributed by atoms with Crippen molar-refractivity contribution in [1.82, 2.24) is 5.32 Å². The summed E-state index contributed by atoms with van der Waals surface area (Å²) in [5.74, 6) is 1.39. The third-order valence-corrected chi connectivity index (χ3v) is 3.80. The van der Waals surface area contributed by atoms with E-state index in [2.05, 4.69) is 26.1 Å². The van der Waals surface area contributed by atoms with Crippen molar-refractivity contribution < 1.29 is 5.11 Å². The lowest BCUT2D eigenvalue weighted by atomic mass is 9.86. The smallest absolute Gasteiger partial charge is 0.0459 e. The Labute approximate surface area is 101 Å². The van der Waals surface area contributed by atoms with Crippen molar-refractivity contribution in [3.05, 3.63) is 0 Å². The Balaban J connectivity index is 2.13. The first-order valence-corrected chi connectivity index (χ1v) is 6.98. The van der Waals surface area contributed by atoms with Crippen molar-refractivity contribution >= 4 is 0 Å². The standard InChI is InChI=1S/C14H29NO/c1-11(2)4-5-12(3)15-14-8-6-13(10-16)7-9-14/h11-16H,4-10H2,1-3H3. The Bertz CT molecular complexity index is 174. The van der Waals surface area contributed by atoms with Crippen LogP contribution in [-0.4, -0.2) is 23.8 Å². The van der Waals surface area contributed by atoms with Gasteiger partial charge >= 0.3 is 0 Å². The van der Waals surface area contributed by atoms with Gasteiger partial charge in [0.25, 0.3) is 0 Å². The molecule has 2 N–H and O–H groups in total. The Morgan fingerprint density at radius 1 is 1.06 bits per heavy atom. The van der Waals surface area contributed by atoms with Gasteiger partial charge in [-0.05, 0) is 57.3 Å². The minimum absolute atomic E-state index is 0.385. The lowest BCUT2D eigenvalue weighted by Gasteiger charge is -2.30. The van der Waals surface area contributed by atoms with Gasteiger partial charge in [-0.25, -0.2) is 0 Å². The van der Waals surface area contributed by atoms with Gasteiger partial charge in [-0.2, -0.15) is 0 Å². The van der Waals surface area contributed by atoms with E-state index in [-0.39, 0.29) is 0 Å². The first-order valence-electron chi connectivity index (χ1n) is 6.98. The summed E-state index contributed by atoms with van der Waals surface area (Å²) in [7, 11) is 0. The number of hydrogen-bond donors (Lipinski definition) is 2. The highest BCUT2D eigenvalue weighted by Gasteiger charge is 2.21. The fraction of sp³-hybridized carbons (Fsp3) is 1.00. The van der Waals surface area contributed by atoms with Crippen LogP contribution in [0.3, 0.4) is 0 Å². The zero-order chi connectivity index (χ0) is 12.0. The van der Waals surface area contributed by atoms with Crippen molar-refractivity contribution in [3.8, 4) is 0 Å². The lowest BCUT2D eigenvalue weighted by molar-refractivity contribution is 0.171. The Morgan fingerprint density at radius 2 is 1.69 bits per heavy atom. The summed E-state index contributed by atoms with van der Waals surface area (Å²) in [5, 5.41) is 12.8. The predicted molar refractivity (Wildman–Crippen MR) is 69.5 cm³/mol. The van der Waals surface area contributed by atoms with Gasteiger partial charge in [-0.15, -0.1) is 0 Å². The lowest BCUT2D eigenvalue weighted by Crippen LogP contribution is -2.39. The Hall–Kier alpha value is -0.0800. The van der Waals surface area contributed by atoms with Crippen molar-refractivity contribution in [3.63, 3.8) is 0 Å². The second kappa shape index (κ2) is 7.29. The second-order valence-electron chi connectivity index (χ2n) is 5.94. The molecule has 1 fully saturated rings. The number of aliphatic hydroxyl groups is 1. The summed E-state index contributed by atoms with van der Waals surface area (Å²) in [6.07, 6.45) is 7.50. The van der Waals surface area contributed by atoms with Crippen molar-refractivity contribution in [2.45, 2.75) is 71.4 Å². The molecule has 0 aromatic heterocycles. The largest absolute Gasteiger partial charge is 0.396 e. The molecule has 1 aliphatic carbocycles. The number of nitrogens with one attached hydrogen (secondary N) is 1. The first kappa shape index (κ1) is 14.0. The van der Waals surface area contributed by atoms with Crippen LogP contribution in [0, 0.1) is 11.8 Å². The van der Waals surface area contributed by atoms with Crippen LogP contribution in [0.1, 0.15) is 59.3 Å². The van der Waals surface area contributed by atoms with Crippen LogP contribution < -0.4 is 5.32 Å². The molecule has 0 aliphatic heterocycles. The van der Waals surface area contributed by atoms with Gasteiger partial charge in [0.05, 0.1) is 0 Å². The van der Waals surface area contributed by atoms with E-state index in [1.807, 2.05) is 0 Å². The minimum atomic E-state index is 0.385. The fourth-order valence-corrected chi connectivity index (χ4v) is 2.58. The highest BCUT2D eigenvalue weighted by Crippen LogP contribution is 2.24. The van der Waals surface area contributed by atoms with Crippen LogP contribution in [0.5, 0.6) is 0 Å². The SMILES string of the molecule is CC(C)CCC(C)NC1CCC(CO)CC1. The van der Waals surface area contributed by atoms with Crippen LogP contribution in [0.2, 0.25) is 0 Å². The molecule has 2 heteroatoms. The topological polar surface area (TPSA) is 32.3 Å². The summed E-state index contributed by atoms with van der Waals surface area (Å²) in [6, 6.07) is 1.35. The molecule has 96 valence electrons. The average Bonchev–Trinajstić information content (AvgIpc) is 2.27.